The molecule has 2 aromatic heterocycles. The summed E-state index contributed by atoms with van der Waals surface area (Å²) in [5.41, 5.74) is 2.42. The van der Waals surface area contributed by atoms with E-state index in [1.165, 1.54) is 6.26 Å². The third-order valence-corrected chi connectivity index (χ3v) is 6.68. The highest BCUT2D eigenvalue weighted by Gasteiger charge is 2.30. The molecule has 9 heteroatoms. The SMILES string of the molecule is Cc1ccc(C(=O)N2CCSC2)c(C2CCN(C(=O)CNC(=O)c3ccco3)CC2)n1. The molecule has 4 rings (SSSR count). The van der Waals surface area contributed by atoms with Gasteiger partial charge in [-0.05, 0) is 44.0 Å². The molecule has 0 unspecified atom stereocenters. The van der Waals surface area contributed by atoms with Crippen molar-refractivity contribution < 1.29 is 18.8 Å². The molecule has 3 amide bonds. The normalized spacial score (nSPS) is 17.1. The van der Waals surface area contributed by atoms with Gasteiger partial charge in [0.25, 0.3) is 11.8 Å². The highest BCUT2D eigenvalue weighted by Crippen LogP contribution is 2.31. The van der Waals surface area contributed by atoms with Gasteiger partial charge in [0.05, 0.1) is 29.9 Å². The van der Waals surface area contributed by atoms with Crippen LogP contribution in [0.15, 0.2) is 34.9 Å². The molecule has 0 aromatic carbocycles. The van der Waals surface area contributed by atoms with Crippen LogP contribution in [0.5, 0.6) is 0 Å². The van der Waals surface area contributed by atoms with Crippen molar-refractivity contribution in [3.63, 3.8) is 0 Å². The molecule has 0 aliphatic carbocycles. The standard InChI is InChI=1S/C22H26N4O4S/c1-15-4-5-17(22(29)26-10-12-31-14-26)20(24-15)16-6-8-25(9-7-16)19(27)13-23-21(28)18-3-2-11-30-18/h2-5,11,16H,6-10,12-14H2,1H3,(H,23,28). The maximum Gasteiger partial charge on any atom is 0.287 e. The first-order chi connectivity index (χ1) is 15.0. The molecule has 0 atom stereocenters. The third kappa shape index (κ3) is 4.92. The Hall–Kier alpha value is -2.81. The van der Waals surface area contributed by atoms with Gasteiger partial charge in [-0.2, -0.15) is 0 Å². The summed E-state index contributed by atoms with van der Waals surface area (Å²) in [6.45, 7) is 3.78. The minimum atomic E-state index is -0.402. The lowest BCUT2D eigenvalue weighted by molar-refractivity contribution is -0.131. The zero-order valence-corrected chi connectivity index (χ0v) is 18.3. The van der Waals surface area contributed by atoms with Crippen molar-refractivity contribution in [1.82, 2.24) is 20.1 Å². The second kappa shape index (κ2) is 9.55. The summed E-state index contributed by atoms with van der Waals surface area (Å²) in [6, 6.07) is 6.97. The highest BCUT2D eigenvalue weighted by atomic mass is 32.2. The Bertz CT molecular complexity index is 948. The molecular weight excluding hydrogens is 416 g/mol. The predicted octanol–water partition coefficient (Wildman–Crippen LogP) is 2.27. The second-order valence-corrected chi connectivity index (χ2v) is 8.88. The van der Waals surface area contributed by atoms with E-state index in [1.54, 1.807) is 28.8 Å². The smallest absolute Gasteiger partial charge is 0.287 e. The van der Waals surface area contributed by atoms with Crippen LogP contribution in [-0.4, -0.2) is 70.3 Å². The fraction of sp³-hybridized carbons (Fsp3) is 0.455. The van der Waals surface area contributed by atoms with Crippen LogP contribution in [0.25, 0.3) is 0 Å². The minimum Gasteiger partial charge on any atom is -0.459 e. The molecule has 0 saturated carbocycles. The first-order valence-corrected chi connectivity index (χ1v) is 11.6. The van der Waals surface area contributed by atoms with E-state index < -0.39 is 5.91 Å². The van der Waals surface area contributed by atoms with Crippen LogP contribution < -0.4 is 5.32 Å². The molecule has 2 fully saturated rings. The van der Waals surface area contributed by atoms with E-state index in [-0.39, 0.29) is 30.0 Å². The molecule has 8 nitrogen and oxygen atoms in total. The monoisotopic (exact) mass is 442 g/mol. The van der Waals surface area contributed by atoms with Crippen LogP contribution in [0.3, 0.4) is 0 Å². The molecule has 4 heterocycles. The molecule has 164 valence electrons. The summed E-state index contributed by atoms with van der Waals surface area (Å²) >= 11 is 1.76. The highest BCUT2D eigenvalue weighted by molar-refractivity contribution is 7.99. The quantitative estimate of drug-likeness (QED) is 0.763. The van der Waals surface area contributed by atoms with Gasteiger partial charge in [-0.15, -0.1) is 11.8 Å². The average molecular weight is 443 g/mol. The predicted molar refractivity (Wildman–Crippen MR) is 117 cm³/mol. The maximum atomic E-state index is 13.0. The number of likely N-dealkylation sites (tertiary alicyclic amines) is 1. The van der Waals surface area contributed by atoms with E-state index in [9.17, 15) is 14.4 Å². The number of aromatic nitrogens is 1. The number of thioether (sulfide) groups is 1. The van der Waals surface area contributed by atoms with E-state index in [4.69, 9.17) is 9.40 Å². The minimum absolute atomic E-state index is 0.0478. The molecule has 2 saturated heterocycles. The van der Waals surface area contributed by atoms with Crippen molar-refractivity contribution in [2.24, 2.45) is 0 Å². The zero-order valence-electron chi connectivity index (χ0n) is 17.5. The van der Waals surface area contributed by atoms with Crippen molar-refractivity contribution in [1.29, 1.82) is 0 Å². The summed E-state index contributed by atoms with van der Waals surface area (Å²) in [7, 11) is 0. The van der Waals surface area contributed by atoms with E-state index in [2.05, 4.69) is 5.32 Å². The number of carbonyl (C=O) groups excluding carboxylic acids is 3. The van der Waals surface area contributed by atoms with E-state index in [1.807, 2.05) is 24.0 Å². The Morgan fingerprint density at radius 3 is 2.65 bits per heavy atom. The molecule has 0 spiro atoms. The summed E-state index contributed by atoms with van der Waals surface area (Å²) in [5.74, 6) is 1.54. The topological polar surface area (TPSA) is 95.8 Å². The number of carbonyl (C=O) groups is 3. The molecule has 2 aromatic rings. The Kier molecular flexibility index (Phi) is 6.60. The summed E-state index contributed by atoms with van der Waals surface area (Å²) in [5, 5.41) is 2.60. The molecular formula is C22H26N4O4S. The van der Waals surface area contributed by atoms with Crippen molar-refractivity contribution >= 4 is 29.5 Å². The molecule has 31 heavy (non-hydrogen) atoms. The maximum absolute atomic E-state index is 13.0. The number of amides is 3. The van der Waals surface area contributed by atoms with Gasteiger partial charge in [0.1, 0.15) is 0 Å². The van der Waals surface area contributed by atoms with E-state index in [0.29, 0.717) is 18.7 Å². The molecule has 2 aliphatic heterocycles. The lowest BCUT2D eigenvalue weighted by Crippen LogP contribution is -2.44. The number of furan rings is 1. The lowest BCUT2D eigenvalue weighted by atomic mass is 9.89. The van der Waals surface area contributed by atoms with Gasteiger partial charge < -0.3 is 19.5 Å². The number of nitrogens with zero attached hydrogens (tertiary/aromatic N) is 3. The number of rotatable bonds is 5. The largest absolute Gasteiger partial charge is 0.459 e. The van der Waals surface area contributed by atoms with Gasteiger partial charge in [0.2, 0.25) is 5.91 Å². The number of nitrogens with one attached hydrogen (secondary N) is 1. The molecule has 0 bridgehead atoms. The fourth-order valence-corrected chi connectivity index (χ4v) is 4.92. The molecule has 2 aliphatic rings. The number of hydrogen-bond donors (Lipinski definition) is 1. The van der Waals surface area contributed by atoms with Crippen molar-refractivity contribution in [3.8, 4) is 0 Å². The molecule has 1 N–H and O–H groups in total. The Balaban J connectivity index is 1.36. The summed E-state index contributed by atoms with van der Waals surface area (Å²) < 4.78 is 5.04. The van der Waals surface area contributed by atoms with Gasteiger partial charge in [-0.3, -0.25) is 19.4 Å². The van der Waals surface area contributed by atoms with Crippen LogP contribution in [0.1, 0.15) is 51.1 Å². The van der Waals surface area contributed by atoms with Gasteiger partial charge in [0.15, 0.2) is 5.76 Å². The van der Waals surface area contributed by atoms with E-state index in [0.717, 1.165) is 42.4 Å². The van der Waals surface area contributed by atoms with Crippen molar-refractivity contribution in [3.05, 3.63) is 53.2 Å². The Morgan fingerprint density at radius 2 is 1.97 bits per heavy atom. The first-order valence-electron chi connectivity index (χ1n) is 10.5. The number of piperidine rings is 1. The van der Waals surface area contributed by atoms with Crippen LogP contribution in [0.2, 0.25) is 0 Å². The van der Waals surface area contributed by atoms with Gasteiger partial charge in [-0.25, -0.2) is 0 Å². The van der Waals surface area contributed by atoms with Crippen molar-refractivity contribution in [2.45, 2.75) is 25.7 Å². The van der Waals surface area contributed by atoms with Crippen LogP contribution >= 0.6 is 11.8 Å². The zero-order chi connectivity index (χ0) is 21.8. The number of aryl methyl sites for hydroxylation is 1. The third-order valence-electron chi connectivity index (χ3n) is 5.71. The fourth-order valence-electron chi connectivity index (χ4n) is 3.98. The van der Waals surface area contributed by atoms with Crippen molar-refractivity contribution in [2.75, 3.05) is 37.8 Å². The molecule has 0 radical (unpaired) electrons. The lowest BCUT2D eigenvalue weighted by Gasteiger charge is -2.32. The summed E-state index contributed by atoms with van der Waals surface area (Å²) in [4.78, 5) is 45.8. The first kappa shape index (κ1) is 21.4. The van der Waals surface area contributed by atoms with Crippen LogP contribution in [0.4, 0.5) is 0 Å². The van der Waals surface area contributed by atoms with Crippen LogP contribution in [0, 0.1) is 6.92 Å². The summed E-state index contributed by atoms with van der Waals surface area (Å²) in [6.07, 6.45) is 2.90. The number of hydrogen-bond acceptors (Lipinski definition) is 6. The van der Waals surface area contributed by atoms with Gasteiger partial charge in [0, 0.05) is 37.0 Å². The van der Waals surface area contributed by atoms with Crippen LogP contribution in [-0.2, 0) is 4.79 Å². The Labute approximate surface area is 185 Å². The average Bonchev–Trinajstić information content (AvgIpc) is 3.51. The Morgan fingerprint density at radius 1 is 1.16 bits per heavy atom. The van der Waals surface area contributed by atoms with Gasteiger partial charge >= 0.3 is 0 Å². The van der Waals surface area contributed by atoms with Gasteiger partial charge in [-0.1, -0.05) is 0 Å². The second-order valence-electron chi connectivity index (χ2n) is 7.81. The van der Waals surface area contributed by atoms with E-state index >= 15 is 0 Å². The number of pyridine rings is 1.